The van der Waals surface area contributed by atoms with Crippen LogP contribution in [-0.4, -0.2) is 5.78 Å². The van der Waals surface area contributed by atoms with Crippen molar-refractivity contribution in [1.29, 1.82) is 0 Å². The van der Waals surface area contributed by atoms with E-state index in [1.54, 1.807) is 0 Å². The summed E-state index contributed by atoms with van der Waals surface area (Å²) in [7, 11) is 0. The molecule has 0 spiro atoms. The first-order valence-corrected chi connectivity index (χ1v) is 4.88. The van der Waals surface area contributed by atoms with Gasteiger partial charge in [0.15, 0.2) is 5.78 Å². The number of Topliss-reactive ketones (excluding diaryl/α,β-unsaturated/α-hetero) is 1. The summed E-state index contributed by atoms with van der Waals surface area (Å²) in [6, 6.07) is 9.64. The Labute approximate surface area is 78.8 Å². The molecule has 0 saturated heterocycles. The zero-order chi connectivity index (χ0) is 9.31. The first-order chi connectivity index (χ1) is 6.28. The van der Waals surface area contributed by atoms with Crippen molar-refractivity contribution < 1.29 is 4.79 Å². The summed E-state index contributed by atoms with van der Waals surface area (Å²) in [5.41, 5.74) is 0.892. The third-order valence-corrected chi connectivity index (χ3v) is 3.05. The van der Waals surface area contributed by atoms with Crippen LogP contribution in [0.4, 0.5) is 0 Å². The monoisotopic (exact) mass is 174 g/mol. The van der Waals surface area contributed by atoms with Crippen molar-refractivity contribution in [1.82, 2.24) is 0 Å². The number of benzene rings is 1. The molecule has 1 aromatic carbocycles. The van der Waals surface area contributed by atoms with E-state index < -0.39 is 0 Å². The van der Waals surface area contributed by atoms with Gasteiger partial charge in [-0.3, -0.25) is 4.79 Å². The van der Waals surface area contributed by atoms with Crippen LogP contribution in [0, 0.1) is 5.41 Å². The fraction of sp³-hybridized carbons (Fsp3) is 0.417. The molecule has 1 saturated carbocycles. The predicted octanol–water partition coefficient (Wildman–Crippen LogP) is 3.06. The van der Waals surface area contributed by atoms with Gasteiger partial charge in [-0.1, -0.05) is 37.3 Å². The van der Waals surface area contributed by atoms with E-state index in [0.29, 0.717) is 5.78 Å². The lowest BCUT2D eigenvalue weighted by Crippen LogP contribution is -2.14. The molecule has 13 heavy (non-hydrogen) atoms. The van der Waals surface area contributed by atoms with Crippen LogP contribution in [0.15, 0.2) is 30.3 Å². The van der Waals surface area contributed by atoms with Crippen molar-refractivity contribution in [3.8, 4) is 0 Å². The van der Waals surface area contributed by atoms with Crippen molar-refractivity contribution in [3.63, 3.8) is 0 Å². The van der Waals surface area contributed by atoms with Crippen LogP contribution in [0.3, 0.4) is 0 Å². The van der Waals surface area contributed by atoms with Crippen LogP contribution in [0.2, 0.25) is 0 Å². The minimum atomic E-state index is 0.0152. The summed E-state index contributed by atoms with van der Waals surface area (Å²) in [6.07, 6.45) is 3.15. The summed E-state index contributed by atoms with van der Waals surface area (Å²) in [6.45, 7) is 2.10. The van der Waals surface area contributed by atoms with Crippen molar-refractivity contribution in [2.45, 2.75) is 26.2 Å². The zero-order valence-corrected chi connectivity index (χ0v) is 7.92. The molecular weight excluding hydrogens is 160 g/mol. The normalized spacial score (nSPS) is 18.2. The van der Waals surface area contributed by atoms with Crippen LogP contribution in [-0.2, 0) is 0 Å². The topological polar surface area (TPSA) is 17.1 Å². The third kappa shape index (κ3) is 1.39. The van der Waals surface area contributed by atoms with Crippen LogP contribution < -0.4 is 0 Å². The molecule has 0 radical (unpaired) electrons. The van der Waals surface area contributed by atoms with Gasteiger partial charge >= 0.3 is 0 Å². The van der Waals surface area contributed by atoms with Gasteiger partial charge in [-0.05, 0) is 19.3 Å². The van der Waals surface area contributed by atoms with Crippen molar-refractivity contribution in [3.05, 3.63) is 35.9 Å². The van der Waals surface area contributed by atoms with Crippen LogP contribution in [0.1, 0.15) is 36.5 Å². The lowest BCUT2D eigenvalue weighted by molar-refractivity contribution is 0.0896. The van der Waals surface area contributed by atoms with E-state index >= 15 is 0 Å². The lowest BCUT2D eigenvalue weighted by atomic mass is 9.92. The molecule has 1 aromatic rings. The Balaban J connectivity index is 2.24. The van der Waals surface area contributed by atoms with Crippen LogP contribution in [0.5, 0.6) is 0 Å². The van der Waals surface area contributed by atoms with E-state index in [0.717, 1.165) is 24.8 Å². The number of carbonyl (C=O) groups excluding carboxylic acids is 1. The quantitative estimate of drug-likeness (QED) is 0.644. The Morgan fingerprint density at radius 3 is 2.38 bits per heavy atom. The Morgan fingerprint density at radius 2 is 1.92 bits per heavy atom. The van der Waals surface area contributed by atoms with E-state index in [2.05, 4.69) is 6.92 Å². The van der Waals surface area contributed by atoms with Gasteiger partial charge in [-0.15, -0.1) is 0 Å². The number of ketones is 1. The molecule has 2 rings (SSSR count). The maximum atomic E-state index is 12.0. The minimum absolute atomic E-state index is 0.0152. The summed E-state index contributed by atoms with van der Waals surface area (Å²) in [4.78, 5) is 12.0. The maximum Gasteiger partial charge on any atom is 0.168 e. The average Bonchev–Trinajstić information content (AvgIpc) is 2.99. The molecule has 1 aliphatic carbocycles. The first-order valence-electron chi connectivity index (χ1n) is 4.88. The molecule has 1 heteroatoms. The highest BCUT2D eigenvalue weighted by Gasteiger charge is 2.47. The Bertz CT molecular complexity index is 309. The average molecular weight is 174 g/mol. The molecule has 0 aliphatic heterocycles. The van der Waals surface area contributed by atoms with E-state index in [-0.39, 0.29) is 5.41 Å². The highest BCUT2D eigenvalue weighted by atomic mass is 16.1. The molecule has 1 nitrogen and oxygen atoms in total. The second-order valence-electron chi connectivity index (χ2n) is 3.83. The Kier molecular flexibility index (Phi) is 1.95. The number of hydrogen-bond acceptors (Lipinski definition) is 1. The molecule has 0 aromatic heterocycles. The summed E-state index contributed by atoms with van der Waals surface area (Å²) >= 11 is 0. The molecule has 1 fully saturated rings. The smallest absolute Gasteiger partial charge is 0.168 e. The van der Waals surface area contributed by atoms with Gasteiger partial charge in [0.2, 0.25) is 0 Å². The van der Waals surface area contributed by atoms with Crippen molar-refractivity contribution in [2.24, 2.45) is 5.41 Å². The highest BCUT2D eigenvalue weighted by molar-refractivity contribution is 6.02. The number of rotatable bonds is 3. The van der Waals surface area contributed by atoms with Gasteiger partial charge in [0.05, 0.1) is 0 Å². The lowest BCUT2D eigenvalue weighted by Gasteiger charge is -2.10. The second kappa shape index (κ2) is 2.99. The molecule has 0 atom stereocenters. The Morgan fingerprint density at radius 1 is 1.31 bits per heavy atom. The van der Waals surface area contributed by atoms with Gasteiger partial charge < -0.3 is 0 Å². The highest BCUT2D eigenvalue weighted by Crippen LogP contribution is 2.50. The minimum Gasteiger partial charge on any atom is -0.294 e. The molecule has 0 bridgehead atoms. The fourth-order valence-corrected chi connectivity index (χ4v) is 1.79. The molecule has 1 aliphatic rings. The molecule has 68 valence electrons. The van der Waals surface area contributed by atoms with Gasteiger partial charge in [0.25, 0.3) is 0 Å². The van der Waals surface area contributed by atoms with Crippen LogP contribution in [0.25, 0.3) is 0 Å². The molecule has 0 unspecified atom stereocenters. The van der Waals surface area contributed by atoms with Gasteiger partial charge in [0.1, 0.15) is 0 Å². The van der Waals surface area contributed by atoms with Crippen molar-refractivity contribution in [2.75, 3.05) is 0 Å². The van der Waals surface area contributed by atoms with Crippen LogP contribution >= 0.6 is 0 Å². The third-order valence-electron chi connectivity index (χ3n) is 3.05. The fourth-order valence-electron chi connectivity index (χ4n) is 1.79. The van der Waals surface area contributed by atoms with Gasteiger partial charge in [0, 0.05) is 11.0 Å². The van der Waals surface area contributed by atoms with E-state index in [4.69, 9.17) is 0 Å². The predicted molar refractivity (Wildman–Crippen MR) is 52.7 cm³/mol. The first kappa shape index (κ1) is 8.49. The number of hydrogen-bond donors (Lipinski definition) is 0. The molecule has 0 heterocycles. The summed E-state index contributed by atoms with van der Waals surface area (Å²) in [5.74, 6) is 0.343. The maximum absolute atomic E-state index is 12.0. The SMILES string of the molecule is CCC1(C(=O)c2ccccc2)CC1. The largest absolute Gasteiger partial charge is 0.294 e. The van der Waals surface area contributed by atoms with E-state index in [1.807, 2.05) is 30.3 Å². The Hall–Kier alpha value is -1.11. The summed E-state index contributed by atoms with van der Waals surface area (Å²) in [5, 5.41) is 0. The van der Waals surface area contributed by atoms with Gasteiger partial charge in [-0.2, -0.15) is 0 Å². The molecule has 0 amide bonds. The van der Waals surface area contributed by atoms with Crippen molar-refractivity contribution >= 4 is 5.78 Å². The number of carbonyl (C=O) groups is 1. The van der Waals surface area contributed by atoms with E-state index in [9.17, 15) is 4.79 Å². The second-order valence-corrected chi connectivity index (χ2v) is 3.83. The molecule has 0 N–H and O–H groups in total. The van der Waals surface area contributed by atoms with E-state index in [1.165, 1.54) is 0 Å². The zero-order valence-electron chi connectivity index (χ0n) is 7.92. The van der Waals surface area contributed by atoms with Gasteiger partial charge in [-0.25, -0.2) is 0 Å². The standard InChI is InChI=1S/C12H14O/c1-2-12(8-9-12)11(13)10-6-4-3-5-7-10/h3-7H,2,8-9H2,1H3. The summed E-state index contributed by atoms with van der Waals surface area (Å²) < 4.78 is 0. The molecular formula is C12H14O.